The summed E-state index contributed by atoms with van der Waals surface area (Å²) < 4.78 is 32.0. The van der Waals surface area contributed by atoms with Crippen molar-refractivity contribution in [1.29, 1.82) is 0 Å². The van der Waals surface area contributed by atoms with Gasteiger partial charge in [0.05, 0.1) is 5.02 Å². The lowest BCUT2D eigenvalue weighted by Crippen LogP contribution is -2.39. The van der Waals surface area contributed by atoms with Crippen LogP contribution in [0.3, 0.4) is 0 Å². The summed E-state index contributed by atoms with van der Waals surface area (Å²) in [5.41, 5.74) is 0.703. The van der Waals surface area contributed by atoms with Crippen molar-refractivity contribution in [3.8, 4) is 0 Å². The van der Waals surface area contributed by atoms with Gasteiger partial charge in [0, 0.05) is 31.8 Å². The second-order valence-electron chi connectivity index (χ2n) is 5.33. The van der Waals surface area contributed by atoms with E-state index in [2.05, 4.69) is 0 Å². The Morgan fingerprint density at radius 2 is 1.86 bits per heavy atom. The van der Waals surface area contributed by atoms with Gasteiger partial charge in [-0.2, -0.15) is 4.31 Å². The van der Waals surface area contributed by atoms with Crippen LogP contribution >= 0.6 is 23.2 Å². The molecule has 0 saturated carbocycles. The molecular formula is C14H19Cl2NO3S. The maximum Gasteiger partial charge on any atom is 0.244 e. The fraction of sp³-hybridized carbons (Fsp3) is 0.571. The standard InChI is InChI=1S/C14H19Cl2NO3S/c1-10-7-14(13(16)8-12(10)15)21(18,19)17-5-3-11(4-6-17)9-20-2/h7-8,11H,3-6,9H2,1-2H3. The number of aryl methyl sites for hydroxylation is 1. The molecule has 1 aliphatic rings. The largest absolute Gasteiger partial charge is 0.384 e. The van der Waals surface area contributed by atoms with Gasteiger partial charge in [-0.05, 0) is 43.4 Å². The van der Waals surface area contributed by atoms with E-state index in [-0.39, 0.29) is 9.92 Å². The van der Waals surface area contributed by atoms with E-state index in [1.807, 2.05) is 0 Å². The van der Waals surface area contributed by atoms with Crippen LogP contribution in [-0.4, -0.2) is 39.5 Å². The molecule has 0 radical (unpaired) electrons. The van der Waals surface area contributed by atoms with E-state index in [1.54, 1.807) is 20.1 Å². The van der Waals surface area contributed by atoms with Crippen LogP contribution in [0.15, 0.2) is 17.0 Å². The maximum atomic E-state index is 12.7. The van der Waals surface area contributed by atoms with Crippen molar-refractivity contribution in [1.82, 2.24) is 4.31 Å². The van der Waals surface area contributed by atoms with Crippen molar-refractivity contribution in [2.45, 2.75) is 24.7 Å². The maximum absolute atomic E-state index is 12.7. The molecule has 1 aromatic rings. The molecule has 0 atom stereocenters. The van der Waals surface area contributed by atoms with Crippen molar-refractivity contribution in [3.05, 3.63) is 27.7 Å². The Morgan fingerprint density at radius 1 is 1.24 bits per heavy atom. The lowest BCUT2D eigenvalue weighted by atomic mass is 9.99. The molecule has 7 heteroatoms. The number of hydrogen-bond acceptors (Lipinski definition) is 3. The van der Waals surface area contributed by atoms with Gasteiger partial charge in [0.2, 0.25) is 10.0 Å². The predicted octanol–water partition coefficient (Wildman–Crippen LogP) is 3.35. The van der Waals surface area contributed by atoms with Gasteiger partial charge in [-0.1, -0.05) is 23.2 Å². The Hall–Kier alpha value is -0.330. The molecule has 0 spiro atoms. The molecule has 0 amide bonds. The number of ether oxygens (including phenoxy) is 1. The van der Waals surface area contributed by atoms with Crippen molar-refractivity contribution in [2.24, 2.45) is 5.92 Å². The number of hydrogen-bond donors (Lipinski definition) is 0. The van der Waals surface area contributed by atoms with Crippen molar-refractivity contribution < 1.29 is 13.2 Å². The van der Waals surface area contributed by atoms with Gasteiger partial charge < -0.3 is 4.74 Å². The summed E-state index contributed by atoms with van der Waals surface area (Å²) in [6.07, 6.45) is 1.61. The van der Waals surface area contributed by atoms with Gasteiger partial charge in [-0.15, -0.1) is 0 Å². The second-order valence-corrected chi connectivity index (χ2v) is 8.06. The van der Waals surface area contributed by atoms with Gasteiger partial charge >= 0.3 is 0 Å². The number of methoxy groups -OCH3 is 1. The molecule has 0 N–H and O–H groups in total. The normalized spacial score (nSPS) is 18.1. The molecule has 118 valence electrons. The molecule has 0 aromatic heterocycles. The first kappa shape index (κ1) is 17.0. The zero-order chi connectivity index (χ0) is 15.6. The smallest absolute Gasteiger partial charge is 0.244 e. The first-order valence-electron chi connectivity index (χ1n) is 6.81. The molecule has 2 rings (SSSR count). The highest BCUT2D eigenvalue weighted by molar-refractivity contribution is 7.89. The molecule has 4 nitrogen and oxygen atoms in total. The van der Waals surface area contributed by atoms with Crippen LogP contribution in [0.4, 0.5) is 0 Å². The van der Waals surface area contributed by atoms with Gasteiger partial charge in [0.15, 0.2) is 0 Å². The topological polar surface area (TPSA) is 46.6 Å². The number of nitrogens with zero attached hydrogens (tertiary/aromatic N) is 1. The van der Waals surface area contributed by atoms with Crippen LogP contribution in [-0.2, 0) is 14.8 Å². The minimum absolute atomic E-state index is 0.135. The SMILES string of the molecule is COCC1CCN(S(=O)(=O)c2cc(C)c(Cl)cc2Cl)CC1. The minimum Gasteiger partial charge on any atom is -0.384 e. The van der Waals surface area contributed by atoms with E-state index in [0.29, 0.717) is 36.2 Å². The Kier molecular flexibility index (Phi) is 5.54. The van der Waals surface area contributed by atoms with Gasteiger partial charge in [-0.25, -0.2) is 8.42 Å². The quantitative estimate of drug-likeness (QED) is 0.835. The van der Waals surface area contributed by atoms with Crippen molar-refractivity contribution in [2.75, 3.05) is 26.8 Å². The lowest BCUT2D eigenvalue weighted by Gasteiger charge is -2.31. The molecule has 1 fully saturated rings. The number of sulfonamides is 1. The molecule has 0 bridgehead atoms. The first-order chi connectivity index (χ1) is 9.86. The van der Waals surface area contributed by atoms with Crippen LogP contribution in [0, 0.1) is 12.8 Å². The Bertz CT molecular complexity index is 611. The third kappa shape index (κ3) is 3.71. The lowest BCUT2D eigenvalue weighted by molar-refractivity contribution is 0.121. The van der Waals surface area contributed by atoms with Crippen LogP contribution in [0.1, 0.15) is 18.4 Å². The molecule has 1 saturated heterocycles. The highest BCUT2D eigenvalue weighted by Gasteiger charge is 2.31. The van der Waals surface area contributed by atoms with E-state index in [1.165, 1.54) is 10.4 Å². The fourth-order valence-electron chi connectivity index (χ4n) is 2.52. The molecular weight excluding hydrogens is 333 g/mol. The summed E-state index contributed by atoms with van der Waals surface area (Å²) in [7, 11) is -1.90. The summed E-state index contributed by atoms with van der Waals surface area (Å²) in [5.74, 6) is 0.420. The zero-order valence-electron chi connectivity index (χ0n) is 12.1. The van der Waals surface area contributed by atoms with Crippen molar-refractivity contribution in [3.63, 3.8) is 0 Å². The Labute approximate surface area is 136 Å². The molecule has 21 heavy (non-hydrogen) atoms. The number of halogens is 2. The van der Waals surface area contributed by atoms with Gasteiger partial charge in [0.25, 0.3) is 0 Å². The number of piperidine rings is 1. The van der Waals surface area contributed by atoms with E-state index < -0.39 is 10.0 Å². The van der Waals surface area contributed by atoms with E-state index >= 15 is 0 Å². The summed E-state index contributed by atoms with van der Waals surface area (Å²) >= 11 is 12.0. The Balaban J connectivity index is 2.22. The molecule has 0 unspecified atom stereocenters. The second kappa shape index (κ2) is 6.84. The van der Waals surface area contributed by atoms with Crippen LogP contribution < -0.4 is 0 Å². The summed E-state index contributed by atoms with van der Waals surface area (Å²) in [6.45, 7) is 3.43. The zero-order valence-corrected chi connectivity index (χ0v) is 14.4. The van der Waals surface area contributed by atoms with Crippen LogP contribution in [0.5, 0.6) is 0 Å². The van der Waals surface area contributed by atoms with E-state index in [4.69, 9.17) is 27.9 Å². The molecule has 1 aromatic carbocycles. The van der Waals surface area contributed by atoms with Crippen LogP contribution in [0.2, 0.25) is 10.0 Å². The average Bonchev–Trinajstić information content (AvgIpc) is 2.43. The summed E-state index contributed by atoms with van der Waals surface area (Å²) in [6, 6.07) is 3.03. The molecule has 0 aliphatic carbocycles. The minimum atomic E-state index is -3.57. The summed E-state index contributed by atoms with van der Waals surface area (Å²) in [4.78, 5) is 0.135. The van der Waals surface area contributed by atoms with E-state index in [9.17, 15) is 8.42 Å². The van der Waals surface area contributed by atoms with Gasteiger partial charge in [-0.3, -0.25) is 0 Å². The third-order valence-electron chi connectivity index (χ3n) is 3.81. The summed E-state index contributed by atoms with van der Waals surface area (Å²) in [5, 5.41) is 0.641. The molecule has 1 heterocycles. The monoisotopic (exact) mass is 351 g/mol. The average molecular weight is 352 g/mol. The van der Waals surface area contributed by atoms with Crippen molar-refractivity contribution >= 4 is 33.2 Å². The molecule has 1 aliphatic heterocycles. The number of benzene rings is 1. The fourth-order valence-corrected chi connectivity index (χ4v) is 4.80. The van der Waals surface area contributed by atoms with E-state index in [0.717, 1.165) is 12.8 Å². The third-order valence-corrected chi connectivity index (χ3v) is 6.58. The first-order valence-corrected chi connectivity index (χ1v) is 9.00. The van der Waals surface area contributed by atoms with Crippen LogP contribution in [0.25, 0.3) is 0 Å². The van der Waals surface area contributed by atoms with Gasteiger partial charge in [0.1, 0.15) is 4.90 Å². The Morgan fingerprint density at radius 3 is 2.43 bits per heavy atom. The number of rotatable bonds is 4. The highest BCUT2D eigenvalue weighted by Crippen LogP contribution is 2.32. The highest BCUT2D eigenvalue weighted by atomic mass is 35.5. The predicted molar refractivity (Wildman–Crippen MR) is 84.6 cm³/mol.